The molecule has 1 aromatic carbocycles. The summed E-state index contributed by atoms with van der Waals surface area (Å²) in [5.74, 6) is -0.615. The van der Waals surface area contributed by atoms with Crippen LogP contribution in [-0.4, -0.2) is 38.1 Å². The number of methoxy groups -OCH3 is 1. The number of anilines is 1. The van der Waals surface area contributed by atoms with Crippen molar-refractivity contribution in [3.05, 3.63) is 28.8 Å². The van der Waals surface area contributed by atoms with Gasteiger partial charge in [0.2, 0.25) is 5.91 Å². The molecular weight excluding hydrogens is 282 g/mol. The van der Waals surface area contributed by atoms with Gasteiger partial charge in [0.25, 0.3) is 5.91 Å². The predicted octanol–water partition coefficient (Wildman–Crippen LogP) is 1.00. The fourth-order valence-electron chi connectivity index (χ4n) is 1.39. The number of benzene rings is 1. The first-order valence-electron chi connectivity index (χ1n) is 6.09. The second kappa shape index (κ2) is 7.84. The second-order valence-corrected chi connectivity index (χ2v) is 4.63. The van der Waals surface area contributed by atoms with Crippen molar-refractivity contribution in [1.29, 1.82) is 0 Å². The van der Waals surface area contributed by atoms with Crippen molar-refractivity contribution < 1.29 is 14.3 Å². The van der Waals surface area contributed by atoms with Crippen LogP contribution in [0.25, 0.3) is 0 Å². The molecule has 6 nitrogen and oxygen atoms in total. The molecule has 1 atom stereocenters. The maximum Gasteiger partial charge on any atom is 0.252 e. The molecule has 0 saturated carbocycles. The molecule has 4 N–H and O–H groups in total. The number of nitrogens with two attached hydrogens (primary N) is 1. The highest BCUT2D eigenvalue weighted by molar-refractivity contribution is 6.34. The fourth-order valence-corrected chi connectivity index (χ4v) is 1.66. The third-order valence-corrected chi connectivity index (χ3v) is 2.80. The SMILES string of the molecule is COCCNC(=O)c1ccc(NC(=O)[C@H](C)N)cc1Cl. The predicted molar refractivity (Wildman–Crippen MR) is 77.9 cm³/mol. The molecule has 0 fully saturated rings. The number of ether oxygens (including phenoxy) is 1. The number of nitrogens with one attached hydrogen (secondary N) is 2. The normalized spacial score (nSPS) is 11.8. The highest BCUT2D eigenvalue weighted by Crippen LogP contribution is 2.21. The van der Waals surface area contributed by atoms with Crippen molar-refractivity contribution >= 4 is 29.1 Å². The largest absolute Gasteiger partial charge is 0.383 e. The van der Waals surface area contributed by atoms with E-state index < -0.39 is 6.04 Å². The lowest BCUT2D eigenvalue weighted by Gasteiger charge is -2.10. The molecule has 0 aliphatic rings. The molecule has 0 saturated heterocycles. The van der Waals surface area contributed by atoms with E-state index in [-0.39, 0.29) is 16.8 Å². The van der Waals surface area contributed by atoms with Crippen LogP contribution in [-0.2, 0) is 9.53 Å². The van der Waals surface area contributed by atoms with E-state index in [4.69, 9.17) is 22.1 Å². The van der Waals surface area contributed by atoms with Crippen LogP contribution in [0.1, 0.15) is 17.3 Å². The summed E-state index contributed by atoms with van der Waals surface area (Å²) in [6.07, 6.45) is 0. The van der Waals surface area contributed by atoms with Crippen molar-refractivity contribution in [3.8, 4) is 0 Å². The average Bonchev–Trinajstić information content (AvgIpc) is 2.38. The number of hydrogen-bond donors (Lipinski definition) is 3. The van der Waals surface area contributed by atoms with Crippen LogP contribution >= 0.6 is 11.6 Å². The number of halogens is 1. The Labute approximate surface area is 122 Å². The van der Waals surface area contributed by atoms with Crippen LogP contribution in [0.3, 0.4) is 0 Å². The van der Waals surface area contributed by atoms with Crippen LogP contribution in [0.15, 0.2) is 18.2 Å². The summed E-state index contributed by atoms with van der Waals surface area (Å²) in [6, 6.07) is 4.02. The summed E-state index contributed by atoms with van der Waals surface area (Å²) in [4.78, 5) is 23.3. The van der Waals surface area contributed by atoms with Crippen molar-refractivity contribution in [3.63, 3.8) is 0 Å². The van der Waals surface area contributed by atoms with Gasteiger partial charge in [0, 0.05) is 19.3 Å². The average molecular weight is 300 g/mol. The van der Waals surface area contributed by atoms with E-state index in [0.717, 1.165) is 0 Å². The van der Waals surface area contributed by atoms with E-state index in [1.807, 2.05) is 0 Å². The minimum absolute atomic E-state index is 0.252. The van der Waals surface area contributed by atoms with Gasteiger partial charge in [0.15, 0.2) is 0 Å². The molecule has 7 heteroatoms. The van der Waals surface area contributed by atoms with Crippen molar-refractivity contribution in [2.75, 3.05) is 25.6 Å². The Morgan fingerprint density at radius 3 is 2.70 bits per heavy atom. The number of carbonyl (C=O) groups is 2. The third-order valence-electron chi connectivity index (χ3n) is 2.49. The van der Waals surface area contributed by atoms with Crippen LogP contribution < -0.4 is 16.4 Å². The number of amides is 2. The Morgan fingerprint density at radius 2 is 2.15 bits per heavy atom. The number of hydrogen-bond acceptors (Lipinski definition) is 4. The van der Waals surface area contributed by atoms with Gasteiger partial charge in [-0.1, -0.05) is 11.6 Å². The maximum atomic E-state index is 11.8. The van der Waals surface area contributed by atoms with Crippen molar-refractivity contribution in [2.24, 2.45) is 5.73 Å². The number of carbonyl (C=O) groups excluding carboxylic acids is 2. The monoisotopic (exact) mass is 299 g/mol. The van der Waals surface area contributed by atoms with E-state index in [1.54, 1.807) is 26.2 Å². The summed E-state index contributed by atoms with van der Waals surface area (Å²) in [6.45, 7) is 2.40. The number of rotatable bonds is 6. The van der Waals surface area contributed by atoms with Crippen LogP contribution in [0.5, 0.6) is 0 Å². The first-order chi connectivity index (χ1) is 9.45. The molecule has 20 heavy (non-hydrogen) atoms. The minimum atomic E-state index is -0.620. The third kappa shape index (κ3) is 4.80. The van der Waals surface area contributed by atoms with Crippen molar-refractivity contribution in [1.82, 2.24) is 5.32 Å². The van der Waals surface area contributed by atoms with E-state index in [2.05, 4.69) is 10.6 Å². The lowest BCUT2D eigenvalue weighted by Crippen LogP contribution is -2.32. The zero-order valence-electron chi connectivity index (χ0n) is 11.4. The first kappa shape index (κ1) is 16.4. The van der Waals surface area contributed by atoms with Gasteiger partial charge in [0.05, 0.1) is 23.2 Å². The van der Waals surface area contributed by atoms with Crippen LogP contribution in [0.4, 0.5) is 5.69 Å². The van der Waals surface area contributed by atoms with Gasteiger partial charge in [-0.3, -0.25) is 9.59 Å². The Bertz CT molecular complexity index is 492. The molecule has 1 aromatic rings. The molecule has 0 heterocycles. The highest BCUT2D eigenvalue weighted by Gasteiger charge is 2.12. The Balaban J connectivity index is 2.72. The molecule has 1 rings (SSSR count). The topological polar surface area (TPSA) is 93.5 Å². The Morgan fingerprint density at radius 1 is 1.45 bits per heavy atom. The summed E-state index contributed by atoms with van der Waals surface area (Å²) >= 11 is 6.03. The minimum Gasteiger partial charge on any atom is -0.383 e. The van der Waals surface area contributed by atoms with E-state index in [0.29, 0.717) is 24.4 Å². The molecule has 0 aromatic heterocycles. The van der Waals surface area contributed by atoms with Gasteiger partial charge in [-0.25, -0.2) is 0 Å². The van der Waals surface area contributed by atoms with Crippen LogP contribution in [0, 0.1) is 0 Å². The lowest BCUT2D eigenvalue weighted by molar-refractivity contribution is -0.117. The van der Waals surface area contributed by atoms with Gasteiger partial charge in [-0.05, 0) is 25.1 Å². The molecular formula is C13H18ClN3O3. The Hall–Kier alpha value is -1.63. The highest BCUT2D eigenvalue weighted by atomic mass is 35.5. The standard InChI is InChI=1S/C13H18ClN3O3/c1-8(15)12(18)17-9-3-4-10(11(14)7-9)13(19)16-5-6-20-2/h3-4,7-8H,5-6,15H2,1-2H3,(H,16,19)(H,17,18)/t8-/m0/s1. The quantitative estimate of drug-likeness (QED) is 0.683. The first-order valence-corrected chi connectivity index (χ1v) is 6.46. The molecule has 2 amide bonds. The van der Waals surface area contributed by atoms with Gasteiger partial charge in [-0.15, -0.1) is 0 Å². The van der Waals surface area contributed by atoms with Gasteiger partial charge >= 0.3 is 0 Å². The summed E-state index contributed by atoms with van der Waals surface area (Å²) < 4.78 is 4.84. The Kier molecular flexibility index (Phi) is 6.44. The zero-order chi connectivity index (χ0) is 15.1. The van der Waals surface area contributed by atoms with E-state index >= 15 is 0 Å². The smallest absolute Gasteiger partial charge is 0.252 e. The van der Waals surface area contributed by atoms with E-state index in [1.165, 1.54) is 6.07 Å². The fraction of sp³-hybridized carbons (Fsp3) is 0.385. The molecule has 0 radical (unpaired) electrons. The lowest BCUT2D eigenvalue weighted by atomic mass is 10.2. The second-order valence-electron chi connectivity index (χ2n) is 4.22. The molecule has 110 valence electrons. The van der Waals surface area contributed by atoms with Gasteiger partial charge in [-0.2, -0.15) is 0 Å². The summed E-state index contributed by atoms with van der Waals surface area (Å²) in [5.41, 5.74) is 6.27. The molecule has 0 aliphatic heterocycles. The van der Waals surface area contributed by atoms with Crippen molar-refractivity contribution in [2.45, 2.75) is 13.0 Å². The molecule has 0 aliphatic carbocycles. The molecule has 0 unspecified atom stereocenters. The van der Waals surface area contributed by atoms with Gasteiger partial charge < -0.3 is 21.1 Å². The summed E-state index contributed by atoms with van der Waals surface area (Å²) in [7, 11) is 1.55. The molecule has 0 spiro atoms. The zero-order valence-corrected chi connectivity index (χ0v) is 12.2. The van der Waals surface area contributed by atoms with E-state index in [9.17, 15) is 9.59 Å². The molecule has 0 bridgehead atoms. The van der Waals surface area contributed by atoms with Gasteiger partial charge in [0.1, 0.15) is 0 Å². The summed E-state index contributed by atoms with van der Waals surface area (Å²) in [5, 5.41) is 5.52. The van der Waals surface area contributed by atoms with Crippen LogP contribution in [0.2, 0.25) is 5.02 Å². The maximum absolute atomic E-state index is 11.8.